The molecule has 0 atom stereocenters. The van der Waals surface area contributed by atoms with Gasteiger partial charge in [-0.25, -0.2) is 4.98 Å². The van der Waals surface area contributed by atoms with Crippen molar-refractivity contribution in [2.24, 2.45) is 0 Å². The van der Waals surface area contributed by atoms with Crippen molar-refractivity contribution in [3.05, 3.63) is 69.5 Å². The van der Waals surface area contributed by atoms with Gasteiger partial charge < -0.3 is 4.42 Å². The average molecular weight is 357 g/mol. The standard InChI is InChI=1S/C17H9ClN2O3S/c18-11-5-3-7-13-14(11)19-17(24-13)20-16(22)10-8-23-12-6-2-1-4-9(12)15(10)21/h1-8H,(H,19,20,22). The molecule has 4 rings (SSSR count). The summed E-state index contributed by atoms with van der Waals surface area (Å²) >= 11 is 7.36. The average Bonchev–Trinajstić information content (AvgIpc) is 2.99. The molecule has 0 bridgehead atoms. The van der Waals surface area contributed by atoms with Gasteiger partial charge >= 0.3 is 0 Å². The second kappa shape index (κ2) is 5.74. The number of hydrogen-bond donors (Lipinski definition) is 1. The number of rotatable bonds is 2. The Balaban J connectivity index is 1.72. The molecule has 24 heavy (non-hydrogen) atoms. The first kappa shape index (κ1) is 14.9. The number of aromatic nitrogens is 1. The Morgan fingerprint density at radius 3 is 2.83 bits per heavy atom. The van der Waals surface area contributed by atoms with E-state index in [2.05, 4.69) is 10.3 Å². The maximum atomic E-state index is 12.4. The first-order valence-electron chi connectivity index (χ1n) is 7.00. The highest BCUT2D eigenvalue weighted by molar-refractivity contribution is 7.22. The Bertz CT molecular complexity index is 1150. The number of amides is 1. The number of hydrogen-bond acceptors (Lipinski definition) is 5. The van der Waals surface area contributed by atoms with E-state index >= 15 is 0 Å². The number of carbonyl (C=O) groups is 1. The number of para-hydroxylation sites is 2. The summed E-state index contributed by atoms with van der Waals surface area (Å²) in [6.45, 7) is 0. The summed E-state index contributed by atoms with van der Waals surface area (Å²) in [6, 6.07) is 12.2. The van der Waals surface area contributed by atoms with Crippen molar-refractivity contribution >= 4 is 55.2 Å². The van der Waals surface area contributed by atoms with Gasteiger partial charge in [-0.3, -0.25) is 14.9 Å². The minimum absolute atomic E-state index is 0.0703. The number of thiazole rings is 1. The molecule has 0 unspecified atom stereocenters. The van der Waals surface area contributed by atoms with Crippen molar-refractivity contribution in [1.29, 1.82) is 0 Å². The molecule has 4 aromatic rings. The van der Waals surface area contributed by atoms with Crippen LogP contribution in [0.15, 0.2) is 57.9 Å². The molecule has 0 saturated heterocycles. The van der Waals surface area contributed by atoms with Crippen LogP contribution in [0.4, 0.5) is 5.13 Å². The third kappa shape index (κ3) is 2.46. The van der Waals surface area contributed by atoms with Crippen LogP contribution < -0.4 is 10.7 Å². The van der Waals surface area contributed by atoms with E-state index in [1.807, 2.05) is 12.1 Å². The van der Waals surface area contributed by atoms with E-state index in [0.29, 0.717) is 26.6 Å². The minimum Gasteiger partial charge on any atom is -0.463 e. The second-order valence-corrected chi connectivity index (χ2v) is 6.47. The number of anilines is 1. The summed E-state index contributed by atoms with van der Waals surface area (Å²) in [5.74, 6) is -0.565. The second-order valence-electron chi connectivity index (χ2n) is 5.03. The SMILES string of the molecule is O=C(Nc1nc2c(Cl)cccc2s1)c1coc2ccccc2c1=O. The fourth-order valence-electron chi connectivity index (χ4n) is 2.37. The Morgan fingerprint density at radius 1 is 1.17 bits per heavy atom. The van der Waals surface area contributed by atoms with E-state index in [9.17, 15) is 9.59 Å². The van der Waals surface area contributed by atoms with Crippen molar-refractivity contribution in [2.75, 3.05) is 5.32 Å². The summed E-state index contributed by atoms with van der Waals surface area (Å²) in [5, 5.41) is 3.87. The number of nitrogens with one attached hydrogen (secondary N) is 1. The first-order chi connectivity index (χ1) is 11.6. The molecule has 5 nitrogen and oxygen atoms in total. The molecule has 1 N–H and O–H groups in total. The zero-order valence-electron chi connectivity index (χ0n) is 12.1. The smallest absolute Gasteiger partial charge is 0.264 e. The van der Waals surface area contributed by atoms with Crippen molar-refractivity contribution in [3.63, 3.8) is 0 Å². The van der Waals surface area contributed by atoms with Crippen LogP contribution in [0.5, 0.6) is 0 Å². The summed E-state index contributed by atoms with van der Waals surface area (Å²) in [6.07, 6.45) is 1.17. The molecule has 2 heterocycles. The molecule has 0 fully saturated rings. The van der Waals surface area contributed by atoms with Gasteiger partial charge in [-0.1, -0.05) is 41.1 Å². The molecular weight excluding hydrogens is 348 g/mol. The third-order valence-electron chi connectivity index (χ3n) is 3.51. The number of halogens is 1. The first-order valence-corrected chi connectivity index (χ1v) is 8.20. The Kier molecular flexibility index (Phi) is 3.55. The lowest BCUT2D eigenvalue weighted by atomic mass is 10.1. The Labute approximate surface area is 144 Å². The van der Waals surface area contributed by atoms with E-state index < -0.39 is 5.91 Å². The molecule has 7 heteroatoms. The van der Waals surface area contributed by atoms with Crippen LogP contribution in [-0.4, -0.2) is 10.9 Å². The van der Waals surface area contributed by atoms with E-state index in [1.54, 1.807) is 30.3 Å². The summed E-state index contributed by atoms with van der Waals surface area (Å²) < 4.78 is 6.21. The fourth-order valence-corrected chi connectivity index (χ4v) is 3.53. The highest BCUT2D eigenvalue weighted by Crippen LogP contribution is 2.30. The van der Waals surface area contributed by atoms with E-state index in [-0.39, 0.29) is 11.0 Å². The van der Waals surface area contributed by atoms with Crippen LogP contribution >= 0.6 is 22.9 Å². The van der Waals surface area contributed by atoms with Crippen LogP contribution in [-0.2, 0) is 0 Å². The maximum Gasteiger partial charge on any atom is 0.264 e. The number of fused-ring (bicyclic) bond motifs is 2. The number of nitrogens with zero attached hydrogens (tertiary/aromatic N) is 1. The summed E-state index contributed by atoms with van der Waals surface area (Å²) in [5.41, 5.74) is 0.600. The van der Waals surface area contributed by atoms with Crippen LogP contribution in [0.25, 0.3) is 21.2 Å². The predicted octanol–water partition coefficient (Wildman–Crippen LogP) is 4.31. The van der Waals surface area contributed by atoms with E-state index in [1.165, 1.54) is 17.6 Å². The Hall–Kier alpha value is -2.70. The highest BCUT2D eigenvalue weighted by atomic mass is 35.5. The lowest BCUT2D eigenvalue weighted by Crippen LogP contribution is -2.21. The number of carbonyl (C=O) groups excluding carboxylic acids is 1. The molecule has 0 aliphatic carbocycles. The van der Waals surface area contributed by atoms with Crippen molar-refractivity contribution in [1.82, 2.24) is 4.98 Å². The largest absolute Gasteiger partial charge is 0.463 e. The van der Waals surface area contributed by atoms with Gasteiger partial charge in [0, 0.05) is 0 Å². The van der Waals surface area contributed by atoms with E-state index in [4.69, 9.17) is 16.0 Å². The predicted molar refractivity (Wildman–Crippen MR) is 95.1 cm³/mol. The molecule has 0 spiro atoms. The van der Waals surface area contributed by atoms with Gasteiger partial charge in [-0.15, -0.1) is 0 Å². The van der Waals surface area contributed by atoms with Crippen molar-refractivity contribution in [2.45, 2.75) is 0 Å². The molecule has 1 amide bonds. The van der Waals surface area contributed by atoms with Crippen molar-refractivity contribution in [3.8, 4) is 0 Å². The molecule has 0 aliphatic heterocycles. The van der Waals surface area contributed by atoms with Crippen LogP contribution in [0.3, 0.4) is 0 Å². The molecule has 2 aromatic heterocycles. The monoisotopic (exact) mass is 356 g/mol. The summed E-state index contributed by atoms with van der Waals surface area (Å²) in [4.78, 5) is 29.1. The van der Waals surface area contributed by atoms with Gasteiger partial charge in [0.25, 0.3) is 5.91 Å². The number of benzene rings is 2. The lowest BCUT2D eigenvalue weighted by Gasteiger charge is -2.02. The molecule has 118 valence electrons. The van der Waals surface area contributed by atoms with Gasteiger partial charge in [0.1, 0.15) is 22.9 Å². The minimum atomic E-state index is -0.565. The normalized spacial score (nSPS) is 11.0. The fraction of sp³-hybridized carbons (Fsp3) is 0. The van der Waals surface area contributed by atoms with E-state index in [0.717, 1.165) is 4.70 Å². The molecule has 0 aliphatic rings. The molecule has 2 aromatic carbocycles. The zero-order chi connectivity index (χ0) is 16.7. The Morgan fingerprint density at radius 2 is 2.00 bits per heavy atom. The van der Waals surface area contributed by atoms with Gasteiger partial charge in [0.15, 0.2) is 5.13 Å². The van der Waals surface area contributed by atoms with Crippen LogP contribution in [0.1, 0.15) is 10.4 Å². The quantitative estimate of drug-likeness (QED) is 0.581. The van der Waals surface area contributed by atoms with Crippen molar-refractivity contribution < 1.29 is 9.21 Å². The van der Waals surface area contributed by atoms with Gasteiger partial charge in [-0.05, 0) is 24.3 Å². The van der Waals surface area contributed by atoms with Gasteiger partial charge in [-0.2, -0.15) is 0 Å². The summed E-state index contributed by atoms with van der Waals surface area (Å²) in [7, 11) is 0. The van der Waals surface area contributed by atoms with Crippen LogP contribution in [0.2, 0.25) is 5.02 Å². The lowest BCUT2D eigenvalue weighted by molar-refractivity contribution is 0.102. The third-order valence-corrected chi connectivity index (χ3v) is 4.76. The van der Waals surface area contributed by atoms with Crippen LogP contribution in [0, 0.1) is 0 Å². The highest BCUT2D eigenvalue weighted by Gasteiger charge is 2.16. The zero-order valence-corrected chi connectivity index (χ0v) is 13.6. The van der Waals surface area contributed by atoms with Gasteiger partial charge in [0.05, 0.1) is 15.1 Å². The molecular formula is C17H9ClN2O3S. The van der Waals surface area contributed by atoms with Gasteiger partial charge in [0.2, 0.25) is 5.43 Å². The topological polar surface area (TPSA) is 72.2 Å². The maximum absolute atomic E-state index is 12.4. The molecule has 0 saturated carbocycles. The molecule has 0 radical (unpaired) electrons.